The SMILES string of the molecule is CCN(CC)S(=O)(=O)c1ccc2c(c1)CCN2C(=O)CNC(=O)OCc1ccccc1. The minimum atomic E-state index is -3.55. The minimum absolute atomic E-state index is 0.122. The standard InChI is InChI=1S/C22H27N3O5S/c1-3-24(4-2)31(28,29)19-10-11-20-18(14-19)12-13-25(20)21(26)15-23-22(27)30-16-17-8-6-5-7-9-17/h5-11,14H,3-4,12-13,15-16H2,1-2H3,(H,23,27). The predicted octanol–water partition coefficient (Wildman–Crippen LogP) is 2.53. The average Bonchev–Trinajstić information content (AvgIpc) is 3.21. The number of carbonyl (C=O) groups is 2. The first-order valence-electron chi connectivity index (χ1n) is 10.2. The van der Waals surface area contributed by atoms with Crippen LogP contribution < -0.4 is 10.2 Å². The number of anilines is 1. The van der Waals surface area contributed by atoms with Crippen molar-refractivity contribution >= 4 is 27.7 Å². The molecule has 0 spiro atoms. The molecule has 0 atom stereocenters. The number of carbonyl (C=O) groups excluding carboxylic acids is 2. The molecule has 1 heterocycles. The van der Waals surface area contributed by atoms with E-state index in [-0.39, 0.29) is 24.0 Å². The van der Waals surface area contributed by atoms with Crippen LogP contribution in [0, 0.1) is 0 Å². The fourth-order valence-corrected chi connectivity index (χ4v) is 5.04. The van der Waals surface area contributed by atoms with E-state index in [4.69, 9.17) is 4.74 Å². The van der Waals surface area contributed by atoms with Gasteiger partial charge in [-0.3, -0.25) is 4.79 Å². The van der Waals surface area contributed by atoms with Crippen LogP contribution in [0.15, 0.2) is 53.4 Å². The fraction of sp³-hybridized carbons (Fsp3) is 0.364. The molecule has 166 valence electrons. The second kappa shape index (κ2) is 9.93. The molecular formula is C22H27N3O5S. The average molecular weight is 446 g/mol. The lowest BCUT2D eigenvalue weighted by atomic mass is 10.2. The molecule has 0 aromatic heterocycles. The van der Waals surface area contributed by atoms with Gasteiger partial charge in [-0.25, -0.2) is 13.2 Å². The van der Waals surface area contributed by atoms with Crippen LogP contribution in [0.25, 0.3) is 0 Å². The Morgan fingerprint density at radius 1 is 1.10 bits per heavy atom. The second-order valence-electron chi connectivity index (χ2n) is 7.09. The number of ether oxygens (including phenoxy) is 1. The number of hydrogen-bond acceptors (Lipinski definition) is 5. The zero-order chi connectivity index (χ0) is 22.4. The van der Waals surface area contributed by atoms with Gasteiger partial charge in [-0.1, -0.05) is 44.2 Å². The maximum Gasteiger partial charge on any atom is 0.407 e. The Bertz CT molecular complexity index is 1040. The molecule has 31 heavy (non-hydrogen) atoms. The summed E-state index contributed by atoms with van der Waals surface area (Å²) in [5.74, 6) is -0.283. The highest BCUT2D eigenvalue weighted by Gasteiger charge is 2.28. The number of benzene rings is 2. The third-order valence-corrected chi connectivity index (χ3v) is 7.23. The number of hydrogen-bond donors (Lipinski definition) is 1. The monoisotopic (exact) mass is 445 g/mol. The number of alkyl carbamates (subject to hydrolysis) is 1. The molecule has 1 aliphatic heterocycles. The molecule has 2 aromatic rings. The van der Waals surface area contributed by atoms with Gasteiger partial charge in [-0.05, 0) is 35.7 Å². The van der Waals surface area contributed by atoms with Gasteiger partial charge in [-0.2, -0.15) is 4.31 Å². The molecule has 0 bridgehead atoms. The Morgan fingerprint density at radius 3 is 2.48 bits per heavy atom. The van der Waals surface area contributed by atoms with Crippen molar-refractivity contribution in [3.8, 4) is 0 Å². The molecule has 0 radical (unpaired) electrons. The predicted molar refractivity (Wildman–Crippen MR) is 117 cm³/mol. The van der Waals surface area contributed by atoms with Crippen LogP contribution in [0.3, 0.4) is 0 Å². The van der Waals surface area contributed by atoms with Crippen molar-refractivity contribution in [2.45, 2.75) is 31.8 Å². The lowest BCUT2D eigenvalue weighted by molar-refractivity contribution is -0.117. The van der Waals surface area contributed by atoms with Gasteiger partial charge < -0.3 is 15.0 Å². The highest BCUT2D eigenvalue weighted by Crippen LogP contribution is 2.31. The van der Waals surface area contributed by atoms with Crippen LogP contribution in [-0.2, 0) is 32.6 Å². The van der Waals surface area contributed by atoms with Gasteiger partial charge in [0.1, 0.15) is 13.2 Å². The van der Waals surface area contributed by atoms with E-state index in [9.17, 15) is 18.0 Å². The molecule has 9 heteroatoms. The largest absolute Gasteiger partial charge is 0.445 e. The molecule has 0 aliphatic carbocycles. The van der Waals surface area contributed by atoms with Crippen molar-refractivity contribution in [3.63, 3.8) is 0 Å². The smallest absolute Gasteiger partial charge is 0.407 e. The molecule has 2 amide bonds. The van der Waals surface area contributed by atoms with Gasteiger partial charge in [0.05, 0.1) is 4.90 Å². The quantitative estimate of drug-likeness (QED) is 0.674. The molecule has 0 saturated carbocycles. The minimum Gasteiger partial charge on any atom is -0.445 e. The highest BCUT2D eigenvalue weighted by atomic mass is 32.2. The Hall–Kier alpha value is -2.91. The summed E-state index contributed by atoms with van der Waals surface area (Å²) in [5, 5.41) is 2.47. The van der Waals surface area contributed by atoms with Crippen molar-refractivity contribution in [2.75, 3.05) is 31.1 Å². The summed E-state index contributed by atoms with van der Waals surface area (Å²) in [6, 6.07) is 14.1. The van der Waals surface area contributed by atoms with Crippen LogP contribution in [0.1, 0.15) is 25.0 Å². The summed E-state index contributed by atoms with van der Waals surface area (Å²) >= 11 is 0. The van der Waals surface area contributed by atoms with Crippen molar-refractivity contribution in [1.82, 2.24) is 9.62 Å². The van der Waals surface area contributed by atoms with E-state index in [2.05, 4.69) is 5.32 Å². The Balaban J connectivity index is 1.59. The molecule has 8 nitrogen and oxygen atoms in total. The first kappa shape index (κ1) is 22.8. The van der Waals surface area contributed by atoms with Gasteiger partial charge in [0.2, 0.25) is 15.9 Å². The molecule has 1 N–H and O–H groups in total. The summed E-state index contributed by atoms with van der Waals surface area (Å²) in [6.45, 7) is 4.74. The van der Waals surface area contributed by atoms with Crippen LogP contribution in [0.4, 0.5) is 10.5 Å². The third kappa shape index (κ3) is 5.23. The molecule has 0 fully saturated rings. The number of amides is 2. The summed E-state index contributed by atoms with van der Waals surface area (Å²) in [6.07, 6.45) is -0.112. The molecule has 3 rings (SSSR count). The summed E-state index contributed by atoms with van der Waals surface area (Å²) in [4.78, 5) is 26.3. The summed E-state index contributed by atoms with van der Waals surface area (Å²) < 4.78 is 32.0. The fourth-order valence-electron chi connectivity index (χ4n) is 3.53. The molecule has 0 unspecified atom stereocenters. The van der Waals surface area contributed by atoms with E-state index in [1.165, 1.54) is 10.4 Å². The van der Waals surface area contributed by atoms with Crippen LogP contribution in [0.5, 0.6) is 0 Å². The van der Waals surface area contributed by atoms with Crippen LogP contribution in [0.2, 0.25) is 0 Å². The summed E-state index contributed by atoms with van der Waals surface area (Å²) in [7, 11) is -3.55. The molecule has 2 aromatic carbocycles. The number of rotatable bonds is 8. The lowest BCUT2D eigenvalue weighted by Gasteiger charge is -2.20. The maximum atomic E-state index is 12.7. The number of nitrogens with zero attached hydrogens (tertiary/aromatic N) is 2. The zero-order valence-corrected chi connectivity index (χ0v) is 18.5. The third-order valence-electron chi connectivity index (χ3n) is 5.19. The van der Waals surface area contributed by atoms with Crippen molar-refractivity contribution in [2.24, 2.45) is 0 Å². The highest BCUT2D eigenvalue weighted by molar-refractivity contribution is 7.89. The lowest BCUT2D eigenvalue weighted by Crippen LogP contribution is -2.39. The van der Waals surface area contributed by atoms with Gasteiger partial charge in [0.15, 0.2) is 0 Å². The van der Waals surface area contributed by atoms with E-state index < -0.39 is 16.1 Å². The van der Waals surface area contributed by atoms with Gasteiger partial charge in [0.25, 0.3) is 0 Å². The van der Waals surface area contributed by atoms with E-state index in [0.29, 0.717) is 31.7 Å². The van der Waals surface area contributed by atoms with Gasteiger partial charge in [0, 0.05) is 25.3 Å². The zero-order valence-electron chi connectivity index (χ0n) is 17.7. The van der Waals surface area contributed by atoms with Crippen LogP contribution in [-0.4, -0.2) is 50.9 Å². The maximum absolute atomic E-state index is 12.7. The van der Waals surface area contributed by atoms with E-state index >= 15 is 0 Å². The van der Waals surface area contributed by atoms with E-state index in [1.807, 2.05) is 30.3 Å². The number of fused-ring (bicyclic) bond motifs is 1. The van der Waals surface area contributed by atoms with E-state index in [1.54, 1.807) is 30.9 Å². The van der Waals surface area contributed by atoms with Crippen molar-refractivity contribution < 1.29 is 22.7 Å². The normalized spacial score (nSPS) is 13.2. The van der Waals surface area contributed by atoms with Crippen LogP contribution >= 0.6 is 0 Å². The number of sulfonamides is 1. The van der Waals surface area contributed by atoms with Crippen molar-refractivity contribution in [1.29, 1.82) is 0 Å². The molecule has 0 saturated heterocycles. The Labute approximate surface area is 182 Å². The second-order valence-corrected chi connectivity index (χ2v) is 9.03. The first-order valence-corrected chi connectivity index (χ1v) is 11.7. The topological polar surface area (TPSA) is 96.0 Å². The Morgan fingerprint density at radius 2 is 1.81 bits per heavy atom. The van der Waals surface area contributed by atoms with Crippen molar-refractivity contribution in [3.05, 3.63) is 59.7 Å². The summed E-state index contributed by atoms with van der Waals surface area (Å²) in [5.41, 5.74) is 2.32. The number of nitrogens with one attached hydrogen (secondary N) is 1. The van der Waals surface area contributed by atoms with Gasteiger partial charge >= 0.3 is 6.09 Å². The Kier molecular flexibility index (Phi) is 7.29. The molecular weight excluding hydrogens is 418 g/mol. The van der Waals surface area contributed by atoms with Gasteiger partial charge in [-0.15, -0.1) is 0 Å². The van der Waals surface area contributed by atoms with E-state index in [0.717, 1.165) is 11.1 Å². The first-order chi connectivity index (χ1) is 14.9. The molecule has 1 aliphatic rings.